The third-order valence-corrected chi connectivity index (χ3v) is 4.52. The van der Waals surface area contributed by atoms with Crippen molar-refractivity contribution in [3.05, 3.63) is 35.9 Å². The number of hydrogen-bond acceptors (Lipinski definition) is 2. The molecule has 2 rings (SSSR count). The fraction of sp³-hybridized carbons (Fsp3) is 0.647. The van der Waals surface area contributed by atoms with Crippen LogP contribution in [-0.4, -0.2) is 25.0 Å². The van der Waals surface area contributed by atoms with Crippen LogP contribution in [0.3, 0.4) is 0 Å². The van der Waals surface area contributed by atoms with E-state index >= 15 is 0 Å². The number of benzene rings is 1. The quantitative estimate of drug-likeness (QED) is 0.880. The van der Waals surface area contributed by atoms with Gasteiger partial charge in [0.25, 0.3) is 0 Å². The summed E-state index contributed by atoms with van der Waals surface area (Å²) in [5.74, 6) is 0.836. The first kappa shape index (κ1) is 14.5. The van der Waals surface area contributed by atoms with Crippen LogP contribution in [0.25, 0.3) is 0 Å². The molecule has 0 heterocycles. The summed E-state index contributed by atoms with van der Waals surface area (Å²) in [7, 11) is 2.23. The van der Waals surface area contributed by atoms with E-state index in [1.807, 2.05) is 0 Å². The lowest BCUT2D eigenvalue weighted by molar-refractivity contribution is 0.0981. The van der Waals surface area contributed by atoms with Gasteiger partial charge in [0.2, 0.25) is 0 Å². The zero-order valence-electron chi connectivity index (χ0n) is 12.4. The second-order valence-corrected chi connectivity index (χ2v) is 6.56. The lowest BCUT2D eigenvalue weighted by Gasteiger charge is -2.41. The Morgan fingerprint density at radius 1 is 1.32 bits per heavy atom. The molecule has 2 nitrogen and oxygen atoms in total. The van der Waals surface area contributed by atoms with Gasteiger partial charge in [0.05, 0.1) is 0 Å². The summed E-state index contributed by atoms with van der Waals surface area (Å²) in [6.45, 7) is 5.36. The fourth-order valence-corrected chi connectivity index (χ4v) is 3.69. The van der Waals surface area contributed by atoms with Crippen LogP contribution < -0.4 is 5.73 Å². The van der Waals surface area contributed by atoms with Gasteiger partial charge in [-0.1, -0.05) is 50.1 Å². The highest BCUT2D eigenvalue weighted by Gasteiger charge is 2.34. The molecule has 0 spiro atoms. The van der Waals surface area contributed by atoms with E-state index in [2.05, 4.69) is 49.2 Å². The van der Waals surface area contributed by atoms with E-state index in [0.29, 0.717) is 5.41 Å². The molecule has 19 heavy (non-hydrogen) atoms. The van der Waals surface area contributed by atoms with Crippen molar-refractivity contribution in [3.63, 3.8) is 0 Å². The Morgan fingerprint density at radius 3 is 2.68 bits per heavy atom. The molecule has 1 aliphatic rings. The van der Waals surface area contributed by atoms with Crippen molar-refractivity contribution in [1.82, 2.24) is 4.90 Å². The summed E-state index contributed by atoms with van der Waals surface area (Å²) in [4.78, 5) is 2.44. The van der Waals surface area contributed by atoms with Crippen LogP contribution >= 0.6 is 0 Å². The molecule has 1 aromatic carbocycles. The minimum Gasteiger partial charge on any atom is -0.330 e. The molecular weight excluding hydrogens is 232 g/mol. The standard InChI is InChI=1S/C17H28N2/c1-15-7-6-10-17(11-15,13-18)14-19(2)12-16-8-4-3-5-9-16/h3-5,8-9,15H,6-7,10-14,18H2,1-2H3. The van der Waals surface area contributed by atoms with Crippen LogP contribution in [-0.2, 0) is 6.54 Å². The first-order chi connectivity index (χ1) is 9.13. The Kier molecular flexibility index (Phi) is 5.00. The van der Waals surface area contributed by atoms with Crippen molar-refractivity contribution in [1.29, 1.82) is 0 Å². The fourth-order valence-electron chi connectivity index (χ4n) is 3.69. The summed E-state index contributed by atoms with van der Waals surface area (Å²) >= 11 is 0. The monoisotopic (exact) mass is 260 g/mol. The molecule has 1 saturated carbocycles. The van der Waals surface area contributed by atoms with Gasteiger partial charge in [-0.25, -0.2) is 0 Å². The molecule has 2 unspecified atom stereocenters. The van der Waals surface area contributed by atoms with Crippen LogP contribution in [0.5, 0.6) is 0 Å². The Labute approximate surface area is 118 Å². The van der Waals surface area contributed by atoms with Crippen molar-refractivity contribution in [2.24, 2.45) is 17.1 Å². The molecule has 0 saturated heterocycles. The van der Waals surface area contributed by atoms with Crippen molar-refractivity contribution in [2.45, 2.75) is 39.2 Å². The summed E-state index contributed by atoms with van der Waals surface area (Å²) in [5, 5.41) is 0. The summed E-state index contributed by atoms with van der Waals surface area (Å²) in [6, 6.07) is 10.7. The molecule has 2 heteroatoms. The normalized spacial score (nSPS) is 27.7. The topological polar surface area (TPSA) is 29.3 Å². The van der Waals surface area contributed by atoms with Gasteiger partial charge in [-0.15, -0.1) is 0 Å². The maximum absolute atomic E-state index is 6.12. The molecule has 1 aliphatic carbocycles. The average Bonchev–Trinajstić information content (AvgIpc) is 2.39. The van der Waals surface area contributed by atoms with Gasteiger partial charge >= 0.3 is 0 Å². The second-order valence-electron chi connectivity index (χ2n) is 6.56. The maximum Gasteiger partial charge on any atom is 0.0230 e. The van der Waals surface area contributed by atoms with Gasteiger partial charge < -0.3 is 10.6 Å². The van der Waals surface area contributed by atoms with Gasteiger partial charge in [0.15, 0.2) is 0 Å². The third-order valence-electron chi connectivity index (χ3n) is 4.52. The van der Waals surface area contributed by atoms with Crippen molar-refractivity contribution in [2.75, 3.05) is 20.1 Å². The molecule has 0 bridgehead atoms. The number of nitrogens with two attached hydrogens (primary N) is 1. The molecule has 2 N–H and O–H groups in total. The predicted molar refractivity (Wildman–Crippen MR) is 81.9 cm³/mol. The third kappa shape index (κ3) is 4.05. The zero-order chi connectivity index (χ0) is 13.7. The van der Waals surface area contributed by atoms with E-state index in [0.717, 1.165) is 25.6 Å². The van der Waals surface area contributed by atoms with E-state index in [4.69, 9.17) is 5.73 Å². The number of nitrogens with zero attached hydrogens (tertiary/aromatic N) is 1. The largest absolute Gasteiger partial charge is 0.330 e. The van der Waals surface area contributed by atoms with E-state index in [1.54, 1.807) is 0 Å². The highest BCUT2D eigenvalue weighted by Crippen LogP contribution is 2.39. The summed E-state index contributed by atoms with van der Waals surface area (Å²) in [5.41, 5.74) is 7.85. The SMILES string of the molecule is CC1CCCC(CN)(CN(C)Cc2ccccc2)C1. The molecule has 0 radical (unpaired) electrons. The minimum absolute atomic E-state index is 0.348. The van der Waals surface area contributed by atoms with Gasteiger partial charge in [-0.2, -0.15) is 0 Å². The average molecular weight is 260 g/mol. The van der Waals surface area contributed by atoms with E-state index < -0.39 is 0 Å². The Hall–Kier alpha value is -0.860. The highest BCUT2D eigenvalue weighted by atomic mass is 15.1. The van der Waals surface area contributed by atoms with Crippen molar-refractivity contribution in [3.8, 4) is 0 Å². The van der Waals surface area contributed by atoms with Crippen LogP contribution in [0, 0.1) is 11.3 Å². The first-order valence-corrected chi connectivity index (χ1v) is 7.56. The van der Waals surface area contributed by atoms with Crippen LogP contribution in [0.2, 0.25) is 0 Å². The van der Waals surface area contributed by atoms with Gasteiger partial charge in [-0.05, 0) is 43.3 Å². The van der Waals surface area contributed by atoms with Crippen LogP contribution in [0.1, 0.15) is 38.2 Å². The molecule has 0 aromatic heterocycles. The number of hydrogen-bond donors (Lipinski definition) is 1. The first-order valence-electron chi connectivity index (χ1n) is 7.56. The van der Waals surface area contributed by atoms with Crippen LogP contribution in [0.4, 0.5) is 0 Å². The molecular formula is C17H28N2. The number of rotatable bonds is 5. The zero-order valence-corrected chi connectivity index (χ0v) is 12.4. The molecule has 0 aliphatic heterocycles. The predicted octanol–water partition coefficient (Wildman–Crippen LogP) is 3.27. The Bertz CT molecular complexity index is 376. The summed E-state index contributed by atoms with van der Waals surface area (Å²) < 4.78 is 0. The van der Waals surface area contributed by atoms with Crippen molar-refractivity contribution < 1.29 is 0 Å². The van der Waals surface area contributed by atoms with E-state index in [-0.39, 0.29) is 0 Å². The summed E-state index contributed by atoms with van der Waals surface area (Å²) in [6.07, 6.45) is 5.32. The maximum atomic E-state index is 6.12. The Balaban J connectivity index is 1.94. The van der Waals surface area contributed by atoms with E-state index in [9.17, 15) is 0 Å². The van der Waals surface area contributed by atoms with Crippen LogP contribution in [0.15, 0.2) is 30.3 Å². The molecule has 0 amide bonds. The van der Waals surface area contributed by atoms with Gasteiger partial charge in [0.1, 0.15) is 0 Å². The lowest BCUT2D eigenvalue weighted by atomic mass is 9.70. The van der Waals surface area contributed by atoms with Crippen molar-refractivity contribution >= 4 is 0 Å². The lowest BCUT2D eigenvalue weighted by Crippen LogP contribution is -2.44. The highest BCUT2D eigenvalue weighted by molar-refractivity contribution is 5.14. The van der Waals surface area contributed by atoms with E-state index in [1.165, 1.54) is 31.2 Å². The minimum atomic E-state index is 0.348. The molecule has 1 aromatic rings. The molecule has 1 fully saturated rings. The second kappa shape index (κ2) is 6.53. The molecule has 106 valence electrons. The van der Waals surface area contributed by atoms with Gasteiger partial charge in [-0.3, -0.25) is 0 Å². The molecule has 2 atom stereocenters. The Morgan fingerprint density at radius 2 is 2.05 bits per heavy atom. The smallest absolute Gasteiger partial charge is 0.0230 e. The van der Waals surface area contributed by atoms with Gasteiger partial charge in [0, 0.05) is 13.1 Å².